The molecule has 0 fully saturated rings. The van der Waals surface area contributed by atoms with Crippen LogP contribution in [0.3, 0.4) is 0 Å². The predicted octanol–water partition coefficient (Wildman–Crippen LogP) is 0.905. The van der Waals surface area contributed by atoms with E-state index in [0.29, 0.717) is 17.8 Å². The van der Waals surface area contributed by atoms with Crippen LogP contribution in [-0.2, 0) is 0 Å². The van der Waals surface area contributed by atoms with Gasteiger partial charge in [-0.15, -0.1) is 0 Å². The molecule has 2 rings (SSSR count). The van der Waals surface area contributed by atoms with Crippen molar-refractivity contribution in [2.24, 2.45) is 5.92 Å². The minimum Gasteiger partial charge on any atom is -0.368 e. The monoisotopic (exact) mass is 276 g/mol. The average Bonchev–Trinajstić information content (AvgIpc) is 2.88. The lowest BCUT2D eigenvalue weighted by Gasteiger charge is -2.28. The summed E-state index contributed by atoms with van der Waals surface area (Å²) in [5.41, 5.74) is 5.78. The maximum Gasteiger partial charge on any atom is 0.258 e. The van der Waals surface area contributed by atoms with Crippen molar-refractivity contribution in [2.45, 2.75) is 33.7 Å². The molecule has 0 aliphatic rings. The third-order valence-electron chi connectivity index (χ3n) is 2.69. The molecule has 8 heteroatoms. The van der Waals surface area contributed by atoms with E-state index >= 15 is 0 Å². The number of aromatic nitrogens is 6. The van der Waals surface area contributed by atoms with E-state index in [4.69, 9.17) is 5.73 Å². The first-order chi connectivity index (χ1) is 9.47. The maximum atomic E-state index is 5.78. The van der Waals surface area contributed by atoms with Crippen molar-refractivity contribution in [3.63, 3.8) is 0 Å². The minimum atomic E-state index is 0.176. The smallest absolute Gasteiger partial charge is 0.258 e. The molecule has 8 nitrogen and oxygen atoms in total. The molecule has 2 N–H and O–H groups in total. The average molecular weight is 276 g/mol. The van der Waals surface area contributed by atoms with E-state index < -0.39 is 0 Å². The summed E-state index contributed by atoms with van der Waals surface area (Å²) in [7, 11) is 0. The van der Waals surface area contributed by atoms with Crippen LogP contribution in [-0.4, -0.2) is 42.3 Å². The second kappa shape index (κ2) is 5.81. The van der Waals surface area contributed by atoms with Gasteiger partial charge in [-0.2, -0.15) is 24.7 Å². The minimum absolute atomic E-state index is 0.176. The Bertz CT molecular complexity index is 549. The summed E-state index contributed by atoms with van der Waals surface area (Å²) in [6, 6.07) is 0.266. The van der Waals surface area contributed by atoms with Crippen molar-refractivity contribution >= 4 is 11.9 Å². The maximum absolute atomic E-state index is 5.78. The van der Waals surface area contributed by atoms with Gasteiger partial charge in [0.25, 0.3) is 5.95 Å². The lowest BCUT2D eigenvalue weighted by molar-refractivity contribution is 0.558. The number of nitrogen functional groups attached to an aromatic ring is 1. The number of nitrogens with zero attached hydrogens (tertiary/aromatic N) is 7. The Morgan fingerprint density at radius 3 is 2.50 bits per heavy atom. The number of anilines is 2. The fraction of sp³-hybridized carbons (Fsp3) is 0.583. The van der Waals surface area contributed by atoms with Crippen LogP contribution >= 0.6 is 0 Å². The summed E-state index contributed by atoms with van der Waals surface area (Å²) in [5, 5.41) is 4.01. The molecule has 108 valence electrons. The first kappa shape index (κ1) is 14.2. The van der Waals surface area contributed by atoms with Gasteiger partial charge in [-0.05, 0) is 19.8 Å². The molecular formula is C12H20N8. The molecule has 0 aliphatic carbocycles. The molecule has 0 saturated heterocycles. The van der Waals surface area contributed by atoms with Crippen molar-refractivity contribution in [3.8, 4) is 5.95 Å². The van der Waals surface area contributed by atoms with Crippen molar-refractivity contribution in [1.82, 2.24) is 29.7 Å². The summed E-state index contributed by atoms with van der Waals surface area (Å²) >= 11 is 0. The van der Waals surface area contributed by atoms with Gasteiger partial charge in [0.15, 0.2) is 0 Å². The molecule has 0 saturated carbocycles. The first-order valence-corrected chi connectivity index (χ1v) is 6.60. The van der Waals surface area contributed by atoms with Crippen LogP contribution in [0.2, 0.25) is 0 Å². The second-order valence-electron chi connectivity index (χ2n) is 5.27. The van der Waals surface area contributed by atoms with E-state index in [0.717, 1.165) is 6.54 Å². The number of nitrogens with two attached hydrogens (primary N) is 1. The molecule has 0 amide bonds. The zero-order chi connectivity index (χ0) is 14.7. The van der Waals surface area contributed by atoms with Crippen molar-refractivity contribution < 1.29 is 0 Å². The zero-order valence-corrected chi connectivity index (χ0v) is 12.2. The van der Waals surface area contributed by atoms with Crippen LogP contribution in [0.25, 0.3) is 5.95 Å². The fourth-order valence-corrected chi connectivity index (χ4v) is 1.83. The van der Waals surface area contributed by atoms with Crippen molar-refractivity contribution in [3.05, 3.63) is 12.7 Å². The van der Waals surface area contributed by atoms with E-state index in [2.05, 4.69) is 57.6 Å². The van der Waals surface area contributed by atoms with Gasteiger partial charge in [0, 0.05) is 12.6 Å². The number of hydrogen-bond donors (Lipinski definition) is 1. The Balaban J connectivity index is 2.40. The lowest BCUT2D eigenvalue weighted by Crippen LogP contribution is -2.36. The van der Waals surface area contributed by atoms with Crippen LogP contribution in [0.4, 0.5) is 11.9 Å². The molecule has 0 aliphatic heterocycles. The highest BCUT2D eigenvalue weighted by molar-refractivity contribution is 5.38. The molecule has 0 unspecified atom stereocenters. The highest BCUT2D eigenvalue weighted by Gasteiger charge is 2.17. The van der Waals surface area contributed by atoms with Gasteiger partial charge < -0.3 is 10.6 Å². The van der Waals surface area contributed by atoms with Crippen LogP contribution < -0.4 is 10.6 Å². The Morgan fingerprint density at radius 2 is 1.95 bits per heavy atom. The summed E-state index contributed by atoms with van der Waals surface area (Å²) in [5.74, 6) is 1.60. The van der Waals surface area contributed by atoms with E-state index in [1.54, 1.807) is 0 Å². The van der Waals surface area contributed by atoms with E-state index in [9.17, 15) is 0 Å². The predicted molar refractivity (Wildman–Crippen MR) is 76.5 cm³/mol. The molecular weight excluding hydrogens is 256 g/mol. The Labute approximate surface area is 118 Å². The third kappa shape index (κ3) is 3.19. The van der Waals surface area contributed by atoms with Gasteiger partial charge >= 0.3 is 0 Å². The highest BCUT2D eigenvalue weighted by atomic mass is 15.4. The molecule has 0 spiro atoms. The second-order valence-corrected chi connectivity index (χ2v) is 5.27. The van der Waals surface area contributed by atoms with Gasteiger partial charge in [-0.3, -0.25) is 0 Å². The largest absolute Gasteiger partial charge is 0.368 e. The molecule has 0 radical (unpaired) electrons. The Kier molecular flexibility index (Phi) is 4.11. The number of rotatable bonds is 5. The van der Waals surface area contributed by atoms with Crippen LogP contribution in [0.1, 0.15) is 27.7 Å². The highest BCUT2D eigenvalue weighted by Crippen LogP contribution is 2.16. The summed E-state index contributed by atoms with van der Waals surface area (Å²) < 4.78 is 1.47. The molecule has 20 heavy (non-hydrogen) atoms. The van der Waals surface area contributed by atoms with Crippen LogP contribution in [0, 0.1) is 5.92 Å². The third-order valence-corrected chi connectivity index (χ3v) is 2.69. The molecule has 0 bridgehead atoms. The van der Waals surface area contributed by atoms with Gasteiger partial charge in [-0.1, -0.05) is 13.8 Å². The topological polar surface area (TPSA) is 98.6 Å². The van der Waals surface area contributed by atoms with E-state index in [1.165, 1.54) is 17.3 Å². The van der Waals surface area contributed by atoms with Gasteiger partial charge in [0.05, 0.1) is 0 Å². The summed E-state index contributed by atoms with van der Waals surface area (Å²) in [6.07, 6.45) is 2.95. The fourth-order valence-electron chi connectivity index (χ4n) is 1.83. The van der Waals surface area contributed by atoms with Crippen molar-refractivity contribution in [1.29, 1.82) is 0 Å². The Hall–Kier alpha value is -2.25. The molecule has 2 aromatic rings. The molecule has 2 aromatic heterocycles. The van der Waals surface area contributed by atoms with Gasteiger partial charge in [-0.25, -0.2) is 4.98 Å². The molecule has 0 atom stereocenters. The van der Waals surface area contributed by atoms with E-state index in [-0.39, 0.29) is 12.0 Å². The normalized spacial score (nSPS) is 11.3. The molecule has 0 aromatic carbocycles. The van der Waals surface area contributed by atoms with Gasteiger partial charge in [0.2, 0.25) is 11.9 Å². The summed E-state index contributed by atoms with van der Waals surface area (Å²) in [6.45, 7) is 9.34. The first-order valence-electron chi connectivity index (χ1n) is 6.60. The van der Waals surface area contributed by atoms with Gasteiger partial charge in [0.1, 0.15) is 12.7 Å². The Morgan fingerprint density at radius 1 is 1.20 bits per heavy atom. The van der Waals surface area contributed by atoms with Crippen LogP contribution in [0.15, 0.2) is 12.7 Å². The lowest BCUT2D eigenvalue weighted by atomic mass is 10.2. The summed E-state index contributed by atoms with van der Waals surface area (Å²) in [4.78, 5) is 18.7. The SMILES string of the molecule is CC(C)CN(c1nc(N)nc(-n2cncn2)n1)C(C)C. The van der Waals surface area contributed by atoms with Crippen LogP contribution in [0.5, 0.6) is 0 Å². The number of hydrogen-bond acceptors (Lipinski definition) is 7. The van der Waals surface area contributed by atoms with E-state index in [1.807, 2.05) is 0 Å². The standard InChI is InChI=1S/C12H20N8/c1-8(2)5-19(9(3)4)11-16-10(13)17-12(18-11)20-7-14-6-15-20/h6-9H,5H2,1-4H3,(H2,13,16,17,18). The quantitative estimate of drug-likeness (QED) is 0.866. The molecule has 2 heterocycles. The zero-order valence-electron chi connectivity index (χ0n) is 12.2. The van der Waals surface area contributed by atoms with Crippen molar-refractivity contribution in [2.75, 3.05) is 17.2 Å².